The van der Waals surface area contributed by atoms with Crippen LogP contribution < -0.4 is 5.32 Å². The highest BCUT2D eigenvalue weighted by molar-refractivity contribution is 6.42. The summed E-state index contributed by atoms with van der Waals surface area (Å²) in [6.45, 7) is 3.08. The molecular weight excluding hydrogens is 313 g/mol. The number of likely N-dealkylation sites (N-methyl/N-ethyl adjacent to an activating group) is 1. The second-order valence-corrected chi connectivity index (χ2v) is 5.81. The molecular formula is C14H17Cl2N3O2. The molecule has 0 bridgehead atoms. The van der Waals surface area contributed by atoms with E-state index in [9.17, 15) is 9.59 Å². The minimum Gasteiger partial charge on any atom is -0.343 e. The van der Waals surface area contributed by atoms with Gasteiger partial charge in [0, 0.05) is 31.7 Å². The van der Waals surface area contributed by atoms with Gasteiger partial charge in [0.05, 0.1) is 16.6 Å². The number of nitrogens with one attached hydrogen (secondary N) is 1. The van der Waals surface area contributed by atoms with Crippen molar-refractivity contribution in [1.82, 2.24) is 15.1 Å². The molecule has 0 unspecified atom stereocenters. The third kappa shape index (κ3) is 4.33. The summed E-state index contributed by atoms with van der Waals surface area (Å²) in [5.74, 6) is -0.410. The van der Waals surface area contributed by atoms with E-state index in [1.165, 1.54) is 6.07 Å². The molecule has 0 aromatic heterocycles. The lowest BCUT2D eigenvalue weighted by Gasteiger charge is -2.32. The maximum Gasteiger partial charge on any atom is 0.251 e. The van der Waals surface area contributed by atoms with Crippen molar-refractivity contribution in [2.75, 3.05) is 39.8 Å². The Kier molecular flexibility index (Phi) is 5.45. The molecule has 1 heterocycles. The average Bonchev–Trinajstić information content (AvgIpc) is 2.48. The lowest BCUT2D eigenvalue weighted by atomic mass is 10.2. The molecule has 5 nitrogen and oxygen atoms in total. The Morgan fingerprint density at radius 2 is 1.81 bits per heavy atom. The second kappa shape index (κ2) is 7.11. The largest absolute Gasteiger partial charge is 0.343 e. The fourth-order valence-corrected chi connectivity index (χ4v) is 2.36. The number of amides is 2. The van der Waals surface area contributed by atoms with E-state index >= 15 is 0 Å². The third-order valence-electron chi connectivity index (χ3n) is 3.44. The summed E-state index contributed by atoms with van der Waals surface area (Å²) < 4.78 is 0. The standard InChI is InChI=1S/C14H17Cl2N3O2/c1-18-4-6-19(7-5-18)13(20)9-17-14(21)10-2-3-11(15)12(16)8-10/h2-3,8H,4-7,9H2,1H3,(H,17,21). The molecule has 1 saturated heterocycles. The van der Waals surface area contributed by atoms with Crippen LogP contribution in [-0.4, -0.2) is 61.4 Å². The van der Waals surface area contributed by atoms with Gasteiger partial charge in [-0.2, -0.15) is 0 Å². The quantitative estimate of drug-likeness (QED) is 0.914. The molecule has 21 heavy (non-hydrogen) atoms. The Hall–Kier alpha value is -1.30. The van der Waals surface area contributed by atoms with E-state index < -0.39 is 0 Å². The number of rotatable bonds is 3. The van der Waals surface area contributed by atoms with Crippen LogP contribution >= 0.6 is 23.2 Å². The Balaban J connectivity index is 1.86. The molecule has 1 N–H and O–H groups in total. The number of piperazine rings is 1. The van der Waals surface area contributed by atoms with Gasteiger partial charge in [0.2, 0.25) is 5.91 Å². The topological polar surface area (TPSA) is 52.6 Å². The molecule has 0 radical (unpaired) electrons. The van der Waals surface area contributed by atoms with Gasteiger partial charge in [-0.05, 0) is 25.2 Å². The number of benzene rings is 1. The molecule has 0 spiro atoms. The van der Waals surface area contributed by atoms with Gasteiger partial charge in [-0.15, -0.1) is 0 Å². The number of nitrogens with zero attached hydrogens (tertiary/aromatic N) is 2. The Bertz CT molecular complexity index is 543. The number of carbonyl (C=O) groups is 2. The first-order valence-corrected chi connectivity index (χ1v) is 7.42. The molecule has 0 atom stereocenters. The third-order valence-corrected chi connectivity index (χ3v) is 4.18. The van der Waals surface area contributed by atoms with Crippen molar-refractivity contribution in [2.45, 2.75) is 0 Å². The Labute approximate surface area is 133 Å². The van der Waals surface area contributed by atoms with Gasteiger partial charge >= 0.3 is 0 Å². The highest BCUT2D eigenvalue weighted by Crippen LogP contribution is 2.22. The SMILES string of the molecule is CN1CCN(C(=O)CNC(=O)c2ccc(Cl)c(Cl)c2)CC1. The summed E-state index contributed by atoms with van der Waals surface area (Å²) in [5, 5.41) is 3.31. The molecule has 0 saturated carbocycles. The number of halogens is 2. The van der Waals surface area contributed by atoms with E-state index in [1.807, 2.05) is 7.05 Å². The minimum atomic E-state index is -0.337. The van der Waals surface area contributed by atoms with Gasteiger partial charge in [-0.3, -0.25) is 9.59 Å². The van der Waals surface area contributed by atoms with Gasteiger partial charge < -0.3 is 15.1 Å². The second-order valence-electron chi connectivity index (χ2n) is 5.00. The van der Waals surface area contributed by atoms with Crippen molar-refractivity contribution in [3.8, 4) is 0 Å². The lowest BCUT2D eigenvalue weighted by Crippen LogP contribution is -2.50. The van der Waals surface area contributed by atoms with E-state index in [4.69, 9.17) is 23.2 Å². The number of carbonyl (C=O) groups excluding carboxylic acids is 2. The molecule has 114 valence electrons. The van der Waals surface area contributed by atoms with Crippen LogP contribution in [0.1, 0.15) is 10.4 Å². The van der Waals surface area contributed by atoms with Crippen LogP contribution in [-0.2, 0) is 4.79 Å². The molecule has 0 aliphatic carbocycles. The highest BCUT2D eigenvalue weighted by Gasteiger charge is 2.19. The summed E-state index contributed by atoms with van der Waals surface area (Å²) in [5.41, 5.74) is 0.385. The average molecular weight is 330 g/mol. The summed E-state index contributed by atoms with van der Waals surface area (Å²) in [4.78, 5) is 27.9. The van der Waals surface area contributed by atoms with Gasteiger partial charge in [-0.25, -0.2) is 0 Å². The van der Waals surface area contributed by atoms with Crippen LogP contribution in [0.15, 0.2) is 18.2 Å². The zero-order valence-corrected chi connectivity index (χ0v) is 13.2. The predicted molar refractivity (Wildman–Crippen MR) is 82.9 cm³/mol. The van der Waals surface area contributed by atoms with Gasteiger partial charge in [0.1, 0.15) is 0 Å². The molecule has 2 amide bonds. The van der Waals surface area contributed by atoms with Crippen LogP contribution in [0, 0.1) is 0 Å². The van der Waals surface area contributed by atoms with E-state index in [0.717, 1.165) is 13.1 Å². The van der Waals surface area contributed by atoms with Crippen LogP contribution in [0.25, 0.3) is 0 Å². The van der Waals surface area contributed by atoms with E-state index in [1.54, 1.807) is 17.0 Å². The van der Waals surface area contributed by atoms with Crippen LogP contribution in [0.5, 0.6) is 0 Å². The van der Waals surface area contributed by atoms with Gasteiger partial charge in [-0.1, -0.05) is 23.2 Å². The van der Waals surface area contributed by atoms with Crippen LogP contribution in [0.2, 0.25) is 10.0 Å². The van der Waals surface area contributed by atoms with Gasteiger partial charge in [0.15, 0.2) is 0 Å². The van der Waals surface area contributed by atoms with Crippen molar-refractivity contribution in [1.29, 1.82) is 0 Å². The van der Waals surface area contributed by atoms with E-state index in [2.05, 4.69) is 10.2 Å². The molecule has 2 rings (SSSR count). The maximum absolute atomic E-state index is 12.0. The zero-order valence-electron chi connectivity index (χ0n) is 11.7. The van der Waals surface area contributed by atoms with Crippen molar-refractivity contribution in [2.24, 2.45) is 0 Å². The molecule has 1 aromatic rings. The fraction of sp³-hybridized carbons (Fsp3) is 0.429. The number of hydrogen-bond donors (Lipinski definition) is 1. The molecule has 1 aliphatic heterocycles. The van der Waals surface area contributed by atoms with Crippen LogP contribution in [0.4, 0.5) is 0 Å². The summed E-state index contributed by atoms with van der Waals surface area (Å²) in [6.07, 6.45) is 0. The number of hydrogen-bond acceptors (Lipinski definition) is 3. The molecule has 1 aliphatic rings. The van der Waals surface area contributed by atoms with Gasteiger partial charge in [0.25, 0.3) is 5.91 Å². The Morgan fingerprint density at radius 1 is 1.14 bits per heavy atom. The first kappa shape index (κ1) is 16.1. The van der Waals surface area contributed by atoms with Crippen molar-refractivity contribution in [3.63, 3.8) is 0 Å². The smallest absolute Gasteiger partial charge is 0.251 e. The Morgan fingerprint density at radius 3 is 2.43 bits per heavy atom. The highest BCUT2D eigenvalue weighted by atomic mass is 35.5. The minimum absolute atomic E-state index is 0.0111. The van der Waals surface area contributed by atoms with Crippen molar-refractivity contribution < 1.29 is 9.59 Å². The van der Waals surface area contributed by atoms with Crippen molar-refractivity contribution in [3.05, 3.63) is 33.8 Å². The summed E-state index contributed by atoms with van der Waals surface area (Å²) in [6, 6.07) is 4.62. The predicted octanol–water partition coefficient (Wildman–Crippen LogP) is 1.50. The molecule has 1 fully saturated rings. The van der Waals surface area contributed by atoms with Crippen LogP contribution in [0.3, 0.4) is 0 Å². The summed E-state index contributed by atoms with van der Waals surface area (Å²) >= 11 is 11.7. The molecule has 7 heteroatoms. The molecule has 1 aromatic carbocycles. The monoisotopic (exact) mass is 329 g/mol. The maximum atomic E-state index is 12.0. The normalized spacial score (nSPS) is 15.9. The summed E-state index contributed by atoms with van der Waals surface area (Å²) in [7, 11) is 2.02. The van der Waals surface area contributed by atoms with E-state index in [-0.39, 0.29) is 18.4 Å². The first-order chi connectivity index (χ1) is 9.97. The first-order valence-electron chi connectivity index (χ1n) is 6.67. The fourth-order valence-electron chi connectivity index (χ4n) is 2.06. The zero-order chi connectivity index (χ0) is 15.4. The lowest BCUT2D eigenvalue weighted by molar-refractivity contribution is -0.131. The van der Waals surface area contributed by atoms with Crippen molar-refractivity contribution >= 4 is 35.0 Å². The van der Waals surface area contributed by atoms with E-state index in [0.29, 0.717) is 28.7 Å².